The lowest BCUT2D eigenvalue weighted by atomic mass is 9.70. The largest absolute Gasteiger partial charge is 0.382 e. The summed E-state index contributed by atoms with van der Waals surface area (Å²) in [6.07, 6.45) is 3.44. The fourth-order valence-electron chi connectivity index (χ4n) is 10.9. The summed E-state index contributed by atoms with van der Waals surface area (Å²) in [6.45, 7) is 22.5. The molecule has 17 heteroatoms. The van der Waals surface area contributed by atoms with Crippen LogP contribution in [0.5, 0.6) is 0 Å². The Labute approximate surface area is 408 Å². The molecule has 0 radical (unpaired) electrons. The van der Waals surface area contributed by atoms with Gasteiger partial charge in [0.05, 0.1) is 58.4 Å². The summed E-state index contributed by atoms with van der Waals surface area (Å²) in [5.41, 5.74) is 9.02. The van der Waals surface area contributed by atoms with Crippen molar-refractivity contribution in [3.8, 4) is 0 Å². The number of ketones is 1. The number of amides is 4. The van der Waals surface area contributed by atoms with Gasteiger partial charge >= 0.3 is 0 Å². The van der Waals surface area contributed by atoms with Crippen LogP contribution in [0.4, 0.5) is 17.1 Å². The number of fused-ring (bicyclic) bond motifs is 5. The fraction of sp³-hybridized carbons (Fsp3) is 0.509. The number of rotatable bonds is 19. The second-order valence-electron chi connectivity index (χ2n) is 19.2. The van der Waals surface area contributed by atoms with Gasteiger partial charge in [0.25, 0.3) is 5.91 Å². The van der Waals surface area contributed by atoms with Crippen LogP contribution < -0.4 is 15.5 Å². The summed E-state index contributed by atoms with van der Waals surface area (Å²) in [7, 11) is 0. The number of piperidine rings is 2. The molecule has 1 aliphatic carbocycles. The number of H-pyrrole nitrogens is 1. The first-order valence-electron chi connectivity index (χ1n) is 24.8. The normalized spacial score (nSPS) is 19.3. The second kappa shape index (κ2) is 21.5. The van der Waals surface area contributed by atoms with Crippen molar-refractivity contribution < 1.29 is 42.9 Å². The maximum atomic E-state index is 14.1. The van der Waals surface area contributed by atoms with Gasteiger partial charge in [-0.15, -0.1) is 0 Å². The van der Waals surface area contributed by atoms with Gasteiger partial charge in [0.2, 0.25) is 17.7 Å². The molecule has 1 unspecified atom stereocenters. The molecule has 5 heterocycles. The first-order chi connectivity index (χ1) is 34.0. The first kappa shape index (κ1) is 48.8. The number of nitrogens with one attached hydrogen (secondary N) is 3. The van der Waals surface area contributed by atoms with Crippen LogP contribution in [-0.4, -0.2) is 160 Å². The number of anilines is 2. The van der Waals surface area contributed by atoms with E-state index in [0.717, 1.165) is 90.0 Å². The van der Waals surface area contributed by atoms with Gasteiger partial charge in [0, 0.05) is 115 Å². The van der Waals surface area contributed by atoms with Crippen LogP contribution in [0.25, 0.3) is 15.7 Å². The predicted molar refractivity (Wildman–Crippen MR) is 264 cm³/mol. The molecule has 3 fully saturated rings. The number of hydrogen-bond donors (Lipinski definition) is 3. The molecule has 0 saturated carbocycles. The molecule has 4 amide bonds. The molecular formula is C53H64N8O9. The predicted octanol–water partition coefficient (Wildman–Crippen LogP) is 5.20. The van der Waals surface area contributed by atoms with Crippen LogP contribution in [0.15, 0.2) is 48.5 Å². The molecule has 0 bridgehead atoms. The van der Waals surface area contributed by atoms with Crippen LogP contribution in [0.1, 0.15) is 95.1 Å². The van der Waals surface area contributed by atoms with Crippen molar-refractivity contribution in [2.75, 3.05) is 109 Å². The zero-order valence-corrected chi connectivity index (χ0v) is 40.5. The molecular weight excluding hydrogens is 893 g/mol. The van der Waals surface area contributed by atoms with Gasteiger partial charge < -0.3 is 43.9 Å². The van der Waals surface area contributed by atoms with E-state index < -0.39 is 17.4 Å². The molecule has 1 aromatic heterocycles. The smallest absolute Gasteiger partial charge is 0.255 e. The Morgan fingerprint density at radius 3 is 2.26 bits per heavy atom. The van der Waals surface area contributed by atoms with E-state index in [0.29, 0.717) is 96.1 Å². The molecule has 70 heavy (non-hydrogen) atoms. The average Bonchev–Trinajstić information content (AvgIpc) is 3.94. The number of nitrogens with zero attached hydrogens (tertiary/aromatic N) is 5. The standard InChI is InChI=1S/C53H64N8O9/c1-5-34-29-39-41(53(2,3)50-48(49(39)64)38-10-9-35(54-4)30-43(38)56-50)31-45(34)59-16-13-36(14-17-59)58-18-20-60(21-19-58)47(63)33-70-28-27-69-26-25-68-24-23-67-22-15-55-42-8-6-7-37-40(42)32-61(52(37)66)44-11-12-46(62)57-51(44)65/h6-10,29-31,36,44,55-56H,5,11-28,32-33H2,1-3H3,(H,57,62,65). The third kappa shape index (κ3) is 10.1. The minimum atomic E-state index is -0.652. The molecule has 5 aliphatic rings. The van der Waals surface area contributed by atoms with Gasteiger partial charge in [-0.1, -0.05) is 39.0 Å². The number of benzene rings is 3. The molecule has 4 aliphatic heterocycles. The summed E-state index contributed by atoms with van der Waals surface area (Å²) in [5.74, 6) is -0.894. The first-order valence-corrected chi connectivity index (χ1v) is 24.8. The Hall–Kier alpha value is -6.16. The summed E-state index contributed by atoms with van der Waals surface area (Å²) >= 11 is 0. The Morgan fingerprint density at radius 1 is 0.843 bits per heavy atom. The van der Waals surface area contributed by atoms with Crippen molar-refractivity contribution in [3.05, 3.63) is 99.0 Å². The molecule has 3 saturated heterocycles. The molecule has 3 N–H and O–H groups in total. The number of piperazine rings is 1. The highest BCUT2D eigenvalue weighted by molar-refractivity contribution is 6.20. The lowest BCUT2D eigenvalue weighted by molar-refractivity contribution is -0.139. The maximum absolute atomic E-state index is 14.1. The topological polar surface area (TPSA) is 179 Å². The van der Waals surface area contributed by atoms with Crippen molar-refractivity contribution in [1.29, 1.82) is 0 Å². The van der Waals surface area contributed by atoms with Crippen LogP contribution in [0.3, 0.4) is 0 Å². The molecule has 4 aromatic rings. The van der Waals surface area contributed by atoms with E-state index in [9.17, 15) is 24.0 Å². The Bertz CT molecular complexity index is 2680. The van der Waals surface area contributed by atoms with E-state index in [4.69, 9.17) is 25.5 Å². The quantitative estimate of drug-likeness (QED) is 0.0637. The number of imide groups is 1. The average molecular weight is 957 g/mol. The van der Waals surface area contributed by atoms with E-state index in [1.54, 1.807) is 17.0 Å². The number of ether oxygens (including phenoxy) is 4. The van der Waals surface area contributed by atoms with Crippen LogP contribution in [0.2, 0.25) is 0 Å². The van der Waals surface area contributed by atoms with Crippen molar-refractivity contribution in [1.82, 2.24) is 25.0 Å². The highest BCUT2D eigenvalue weighted by atomic mass is 16.6. The van der Waals surface area contributed by atoms with Gasteiger partial charge in [0.1, 0.15) is 12.6 Å². The van der Waals surface area contributed by atoms with Gasteiger partial charge in [-0.05, 0) is 67.1 Å². The number of carbonyl (C=O) groups is 5. The van der Waals surface area contributed by atoms with Gasteiger partial charge in [-0.3, -0.25) is 34.2 Å². The van der Waals surface area contributed by atoms with Gasteiger partial charge in [-0.2, -0.15) is 0 Å². The molecule has 370 valence electrons. The number of aromatic amines is 1. The zero-order chi connectivity index (χ0) is 48.9. The van der Waals surface area contributed by atoms with Crippen molar-refractivity contribution >= 4 is 57.4 Å². The zero-order valence-electron chi connectivity index (χ0n) is 40.5. The van der Waals surface area contributed by atoms with Crippen LogP contribution >= 0.6 is 0 Å². The van der Waals surface area contributed by atoms with E-state index >= 15 is 0 Å². The number of carbonyl (C=O) groups excluding carboxylic acids is 5. The summed E-state index contributed by atoms with van der Waals surface area (Å²) in [4.78, 5) is 79.8. The van der Waals surface area contributed by atoms with E-state index in [1.807, 2.05) is 29.2 Å². The molecule has 1 atom stereocenters. The lowest BCUT2D eigenvalue weighted by Crippen LogP contribution is -2.55. The summed E-state index contributed by atoms with van der Waals surface area (Å²) < 4.78 is 22.6. The molecule has 17 nitrogen and oxygen atoms in total. The second-order valence-corrected chi connectivity index (χ2v) is 19.2. The molecule has 0 spiro atoms. The highest BCUT2D eigenvalue weighted by Gasteiger charge is 2.42. The highest BCUT2D eigenvalue weighted by Crippen LogP contribution is 2.46. The van der Waals surface area contributed by atoms with E-state index in [2.05, 4.69) is 63.2 Å². The fourth-order valence-corrected chi connectivity index (χ4v) is 10.9. The number of aromatic nitrogens is 1. The molecule has 9 rings (SSSR count). The van der Waals surface area contributed by atoms with Crippen molar-refractivity contribution in [2.24, 2.45) is 0 Å². The SMILES string of the molecule is [C-]#[N+]c1ccc2c3c([nH]c2c1)C(C)(C)c1cc(N2CCC(N4CCN(C(=O)COCCOCCOCCOCCNc5cccc6c5CN(C5CCC(=O)NC5=O)C6=O)CC4)CC2)c(CC)cc1C3=O. The third-order valence-electron chi connectivity index (χ3n) is 14.8. The number of aryl methyl sites for hydroxylation is 1. The minimum Gasteiger partial charge on any atom is -0.382 e. The van der Waals surface area contributed by atoms with Gasteiger partial charge in [-0.25, -0.2) is 4.85 Å². The Morgan fingerprint density at radius 2 is 1.56 bits per heavy atom. The minimum absolute atomic E-state index is 0.000747. The summed E-state index contributed by atoms with van der Waals surface area (Å²) in [5, 5.41) is 6.54. The van der Waals surface area contributed by atoms with Crippen LogP contribution in [-0.2, 0) is 51.7 Å². The maximum Gasteiger partial charge on any atom is 0.255 e. The number of hydrogen-bond acceptors (Lipinski definition) is 12. The van der Waals surface area contributed by atoms with Crippen LogP contribution in [0, 0.1) is 6.57 Å². The third-order valence-corrected chi connectivity index (χ3v) is 14.8. The van der Waals surface area contributed by atoms with E-state index in [1.165, 1.54) is 11.3 Å². The van der Waals surface area contributed by atoms with Crippen molar-refractivity contribution in [3.63, 3.8) is 0 Å². The lowest BCUT2D eigenvalue weighted by Gasteiger charge is -2.44. The van der Waals surface area contributed by atoms with Gasteiger partial charge in [0.15, 0.2) is 11.5 Å². The Balaban J connectivity index is 0.619. The summed E-state index contributed by atoms with van der Waals surface area (Å²) in [6, 6.07) is 15.2. The molecule has 3 aromatic carbocycles. The Kier molecular flexibility index (Phi) is 15.0. The van der Waals surface area contributed by atoms with E-state index in [-0.39, 0.29) is 36.5 Å². The van der Waals surface area contributed by atoms with Crippen molar-refractivity contribution in [2.45, 2.75) is 76.9 Å². The monoisotopic (exact) mass is 956 g/mol.